The quantitative estimate of drug-likeness (QED) is 0.197. The summed E-state index contributed by atoms with van der Waals surface area (Å²) in [7, 11) is 0. The van der Waals surface area contributed by atoms with Crippen molar-refractivity contribution < 1.29 is 4.42 Å². The zero-order chi connectivity index (χ0) is 31.2. The van der Waals surface area contributed by atoms with Gasteiger partial charge in [0, 0.05) is 27.5 Å². The van der Waals surface area contributed by atoms with Crippen LogP contribution in [-0.2, 0) is 0 Å². The van der Waals surface area contributed by atoms with E-state index in [1.165, 1.54) is 27.5 Å². The summed E-state index contributed by atoms with van der Waals surface area (Å²) in [5, 5.41) is 4.44. The first-order chi connectivity index (χ1) is 23.3. The van der Waals surface area contributed by atoms with Crippen LogP contribution in [0.1, 0.15) is 0 Å². The Morgan fingerprint density at radius 1 is 0.319 bits per heavy atom. The molecule has 0 amide bonds. The number of aromatic nitrogens is 3. The van der Waals surface area contributed by atoms with Crippen LogP contribution in [-0.4, -0.2) is 15.0 Å². The lowest BCUT2D eigenvalue weighted by molar-refractivity contribution is 0.669. The Hall–Kier alpha value is -6.39. The molecular formula is C43H27N3O. The lowest BCUT2D eigenvalue weighted by Gasteiger charge is -2.12. The number of nitrogens with zero attached hydrogens (tertiary/aromatic N) is 3. The summed E-state index contributed by atoms with van der Waals surface area (Å²) in [6, 6.07) is 56.4. The Morgan fingerprint density at radius 3 is 1.47 bits per heavy atom. The molecule has 4 heteroatoms. The Morgan fingerprint density at radius 2 is 0.851 bits per heavy atom. The van der Waals surface area contributed by atoms with E-state index in [-0.39, 0.29) is 0 Å². The molecule has 0 spiro atoms. The summed E-state index contributed by atoms with van der Waals surface area (Å²) < 4.78 is 6.43. The highest BCUT2D eigenvalue weighted by Crippen LogP contribution is 2.41. The second kappa shape index (κ2) is 11.2. The zero-order valence-electron chi connectivity index (χ0n) is 25.3. The first-order valence-electron chi connectivity index (χ1n) is 15.7. The van der Waals surface area contributed by atoms with Gasteiger partial charge in [0.25, 0.3) is 0 Å². The van der Waals surface area contributed by atoms with E-state index in [1.54, 1.807) is 0 Å². The fourth-order valence-electron chi connectivity index (χ4n) is 6.53. The number of fused-ring (bicyclic) bond motifs is 4. The Kier molecular flexibility index (Phi) is 6.43. The molecule has 0 saturated heterocycles. The molecule has 0 saturated carbocycles. The molecule has 0 aliphatic carbocycles. The Bertz CT molecular complexity index is 2500. The molecule has 0 unspecified atom stereocenters. The molecule has 0 aliphatic heterocycles. The minimum Gasteiger partial charge on any atom is -0.456 e. The largest absolute Gasteiger partial charge is 0.456 e. The highest BCUT2D eigenvalue weighted by Gasteiger charge is 2.19. The Labute approximate surface area is 271 Å². The molecule has 2 heterocycles. The van der Waals surface area contributed by atoms with Crippen LogP contribution in [0.4, 0.5) is 0 Å². The summed E-state index contributed by atoms with van der Waals surface area (Å²) in [5.74, 6) is 1.86. The maximum absolute atomic E-state index is 6.43. The van der Waals surface area contributed by atoms with Crippen LogP contribution < -0.4 is 0 Å². The van der Waals surface area contributed by atoms with Crippen molar-refractivity contribution in [1.29, 1.82) is 0 Å². The van der Waals surface area contributed by atoms with Gasteiger partial charge in [0.15, 0.2) is 17.5 Å². The highest BCUT2D eigenvalue weighted by molar-refractivity contribution is 6.14. The van der Waals surface area contributed by atoms with Crippen molar-refractivity contribution in [2.24, 2.45) is 0 Å². The summed E-state index contributed by atoms with van der Waals surface area (Å²) in [5.41, 5.74) is 9.11. The van der Waals surface area contributed by atoms with Gasteiger partial charge in [-0.25, -0.2) is 15.0 Å². The van der Waals surface area contributed by atoms with E-state index in [1.807, 2.05) is 72.8 Å². The molecule has 9 rings (SSSR count). The van der Waals surface area contributed by atoms with Gasteiger partial charge in [0.1, 0.15) is 11.2 Å². The maximum Gasteiger partial charge on any atom is 0.164 e. The third-order valence-electron chi connectivity index (χ3n) is 8.76. The maximum atomic E-state index is 6.43. The summed E-state index contributed by atoms with van der Waals surface area (Å²) in [4.78, 5) is 15.0. The van der Waals surface area contributed by atoms with Crippen LogP contribution in [0.3, 0.4) is 0 Å². The van der Waals surface area contributed by atoms with Crippen molar-refractivity contribution in [3.05, 3.63) is 164 Å². The minimum atomic E-state index is 0.606. The van der Waals surface area contributed by atoms with Crippen LogP contribution in [0.25, 0.3) is 89.1 Å². The molecule has 9 aromatic rings. The standard InChI is InChI=1S/C43H27N3O/c1-4-13-28(14-5-1)32-24-25-33(35-20-11-10-19-34(32)35)31-23-26-38-37(27-31)40-36(21-12-22-39(40)47-38)43-45-41(29-15-6-2-7-16-29)44-42(46-43)30-17-8-3-9-18-30/h1-27H. The minimum absolute atomic E-state index is 0.606. The zero-order valence-corrected chi connectivity index (χ0v) is 25.3. The topological polar surface area (TPSA) is 51.8 Å². The molecule has 0 fully saturated rings. The van der Waals surface area contributed by atoms with E-state index < -0.39 is 0 Å². The SMILES string of the molecule is c1ccc(-c2nc(-c3ccccc3)nc(-c3cccc4oc5ccc(-c6ccc(-c7ccccc7)c7ccccc67)cc5c34)n2)cc1. The third-order valence-corrected chi connectivity index (χ3v) is 8.76. The van der Waals surface area contributed by atoms with E-state index in [0.717, 1.165) is 44.2 Å². The lowest BCUT2D eigenvalue weighted by atomic mass is 9.91. The number of hydrogen-bond donors (Lipinski definition) is 0. The number of hydrogen-bond acceptors (Lipinski definition) is 4. The summed E-state index contributed by atoms with van der Waals surface area (Å²) in [6.07, 6.45) is 0. The fraction of sp³-hybridized carbons (Fsp3) is 0. The molecule has 0 radical (unpaired) electrons. The van der Waals surface area contributed by atoms with E-state index >= 15 is 0 Å². The molecule has 47 heavy (non-hydrogen) atoms. The second-order valence-corrected chi connectivity index (χ2v) is 11.6. The van der Waals surface area contributed by atoms with E-state index in [9.17, 15) is 0 Å². The van der Waals surface area contributed by atoms with Crippen LogP contribution in [0.15, 0.2) is 168 Å². The predicted octanol–water partition coefficient (Wildman–Crippen LogP) is 11.3. The van der Waals surface area contributed by atoms with Gasteiger partial charge in [-0.05, 0) is 51.2 Å². The number of rotatable bonds is 5. The molecule has 220 valence electrons. The van der Waals surface area contributed by atoms with Crippen molar-refractivity contribution in [3.8, 4) is 56.4 Å². The van der Waals surface area contributed by atoms with E-state index in [4.69, 9.17) is 19.4 Å². The molecule has 0 atom stereocenters. The van der Waals surface area contributed by atoms with Gasteiger partial charge in [-0.2, -0.15) is 0 Å². The monoisotopic (exact) mass is 601 g/mol. The molecule has 0 bridgehead atoms. The molecule has 4 nitrogen and oxygen atoms in total. The average Bonchev–Trinajstić information content (AvgIpc) is 3.53. The van der Waals surface area contributed by atoms with Crippen molar-refractivity contribution in [1.82, 2.24) is 15.0 Å². The van der Waals surface area contributed by atoms with Crippen LogP contribution in [0.5, 0.6) is 0 Å². The van der Waals surface area contributed by atoms with Crippen LogP contribution >= 0.6 is 0 Å². The molecule has 0 N–H and O–H groups in total. The average molecular weight is 602 g/mol. The van der Waals surface area contributed by atoms with Gasteiger partial charge in [0.05, 0.1) is 0 Å². The van der Waals surface area contributed by atoms with Crippen molar-refractivity contribution in [2.75, 3.05) is 0 Å². The van der Waals surface area contributed by atoms with Crippen molar-refractivity contribution in [3.63, 3.8) is 0 Å². The van der Waals surface area contributed by atoms with Crippen LogP contribution in [0.2, 0.25) is 0 Å². The third kappa shape index (κ3) is 4.75. The first-order valence-corrected chi connectivity index (χ1v) is 15.7. The van der Waals surface area contributed by atoms with Gasteiger partial charge >= 0.3 is 0 Å². The highest BCUT2D eigenvalue weighted by atomic mass is 16.3. The molecule has 7 aromatic carbocycles. The van der Waals surface area contributed by atoms with Crippen LogP contribution in [0, 0.1) is 0 Å². The fourth-order valence-corrected chi connectivity index (χ4v) is 6.53. The van der Waals surface area contributed by atoms with Gasteiger partial charge in [-0.1, -0.05) is 146 Å². The Balaban J connectivity index is 1.25. The van der Waals surface area contributed by atoms with Gasteiger partial charge in [-0.3, -0.25) is 0 Å². The first kappa shape index (κ1) is 27.0. The van der Waals surface area contributed by atoms with Crippen molar-refractivity contribution >= 4 is 32.7 Å². The number of benzene rings is 7. The predicted molar refractivity (Wildman–Crippen MR) is 192 cm³/mol. The lowest BCUT2D eigenvalue weighted by Crippen LogP contribution is -2.00. The summed E-state index contributed by atoms with van der Waals surface area (Å²) in [6.45, 7) is 0. The van der Waals surface area contributed by atoms with Crippen molar-refractivity contribution in [2.45, 2.75) is 0 Å². The second-order valence-electron chi connectivity index (χ2n) is 11.6. The van der Waals surface area contributed by atoms with Gasteiger partial charge in [0.2, 0.25) is 0 Å². The van der Waals surface area contributed by atoms with Gasteiger partial charge in [-0.15, -0.1) is 0 Å². The normalized spacial score (nSPS) is 11.4. The van der Waals surface area contributed by atoms with E-state index in [0.29, 0.717) is 17.5 Å². The summed E-state index contributed by atoms with van der Waals surface area (Å²) >= 11 is 0. The molecule has 0 aliphatic rings. The molecular weight excluding hydrogens is 574 g/mol. The van der Waals surface area contributed by atoms with E-state index in [2.05, 4.69) is 91.0 Å². The van der Waals surface area contributed by atoms with Gasteiger partial charge < -0.3 is 4.42 Å². The molecule has 2 aromatic heterocycles. The smallest absolute Gasteiger partial charge is 0.164 e. The number of furan rings is 1.